The summed E-state index contributed by atoms with van der Waals surface area (Å²) in [5, 5.41) is 9.89. The molecule has 1 amide bonds. The zero-order valence-corrected chi connectivity index (χ0v) is 9.74. The molecule has 0 bridgehead atoms. The van der Waals surface area contributed by atoms with Crippen LogP contribution in [0.15, 0.2) is 0 Å². The Balaban J connectivity index is 3.20. The molecule has 15 heavy (non-hydrogen) atoms. The maximum atomic E-state index is 10.9. The van der Waals surface area contributed by atoms with Crippen molar-refractivity contribution in [2.24, 2.45) is 5.73 Å². The second kappa shape index (κ2) is 9.93. The summed E-state index contributed by atoms with van der Waals surface area (Å²) in [7, 11) is 0. The van der Waals surface area contributed by atoms with E-state index in [1.807, 2.05) is 0 Å². The zero-order chi connectivity index (χ0) is 11.5. The molecule has 4 nitrogen and oxygen atoms in total. The summed E-state index contributed by atoms with van der Waals surface area (Å²) in [4.78, 5) is 10.9. The molecule has 0 saturated heterocycles. The fraction of sp³-hybridized carbons (Fsp3) is 0.909. The molecule has 0 fully saturated rings. The Labute approximate surface area is 92.4 Å². The molecule has 0 aromatic rings. The summed E-state index contributed by atoms with van der Waals surface area (Å²) in [6.45, 7) is 2.48. The molecule has 0 atom stereocenters. The first-order chi connectivity index (χ1) is 7.22. The van der Waals surface area contributed by atoms with Crippen LogP contribution in [0.2, 0.25) is 0 Å². The lowest BCUT2D eigenvalue weighted by Gasteiger charge is -2.13. The molecule has 0 aliphatic rings. The van der Waals surface area contributed by atoms with Crippen molar-refractivity contribution >= 4 is 5.91 Å². The topological polar surface area (TPSA) is 66.6 Å². The van der Waals surface area contributed by atoms with E-state index < -0.39 is 5.91 Å². The maximum absolute atomic E-state index is 10.9. The van der Waals surface area contributed by atoms with Crippen molar-refractivity contribution in [2.45, 2.75) is 51.9 Å². The van der Waals surface area contributed by atoms with Gasteiger partial charge in [0.15, 0.2) is 0 Å². The molecule has 0 aromatic carbocycles. The predicted octanol–water partition coefficient (Wildman–Crippen LogP) is 1.91. The van der Waals surface area contributed by atoms with Crippen LogP contribution in [0.1, 0.15) is 51.9 Å². The van der Waals surface area contributed by atoms with Crippen molar-refractivity contribution in [1.29, 1.82) is 0 Å². The third-order valence-corrected chi connectivity index (χ3v) is 2.44. The van der Waals surface area contributed by atoms with Gasteiger partial charge < -0.3 is 5.73 Å². The Morgan fingerprint density at radius 3 is 2.20 bits per heavy atom. The molecular formula is C11H24N2O2. The van der Waals surface area contributed by atoms with E-state index in [4.69, 9.17) is 10.9 Å². The van der Waals surface area contributed by atoms with E-state index >= 15 is 0 Å². The minimum absolute atomic E-state index is 0.118. The second-order valence-electron chi connectivity index (χ2n) is 3.84. The number of hydrogen-bond donors (Lipinski definition) is 2. The lowest BCUT2D eigenvalue weighted by Crippen LogP contribution is -2.33. The quantitative estimate of drug-likeness (QED) is 0.351. The summed E-state index contributed by atoms with van der Waals surface area (Å²) in [6.07, 6.45) is 8.22. The number of unbranched alkanes of at least 4 members (excludes halogenated alkanes) is 6. The molecule has 0 radical (unpaired) electrons. The van der Waals surface area contributed by atoms with Gasteiger partial charge in [-0.05, 0) is 6.42 Å². The summed E-state index contributed by atoms with van der Waals surface area (Å²) < 4.78 is 0. The minimum Gasteiger partial charge on any atom is -0.322 e. The molecule has 0 rings (SSSR count). The molecule has 0 aromatic heterocycles. The number of hydrogen-bond acceptors (Lipinski definition) is 3. The molecule has 90 valence electrons. The van der Waals surface area contributed by atoms with Crippen molar-refractivity contribution in [3.63, 3.8) is 0 Å². The summed E-state index contributed by atoms with van der Waals surface area (Å²) in [5.41, 5.74) is 5.11. The Kier molecular flexibility index (Phi) is 9.52. The van der Waals surface area contributed by atoms with Crippen molar-refractivity contribution in [2.75, 3.05) is 13.1 Å². The van der Waals surface area contributed by atoms with Crippen LogP contribution >= 0.6 is 0 Å². The molecule has 0 aliphatic carbocycles. The number of hydroxylamine groups is 2. The van der Waals surface area contributed by atoms with Gasteiger partial charge in [0.25, 0.3) is 5.91 Å². The number of nitrogens with zero attached hydrogens (tertiary/aromatic N) is 1. The van der Waals surface area contributed by atoms with Crippen molar-refractivity contribution in [1.82, 2.24) is 5.06 Å². The van der Waals surface area contributed by atoms with Gasteiger partial charge >= 0.3 is 0 Å². The predicted molar refractivity (Wildman–Crippen MR) is 60.5 cm³/mol. The SMILES string of the molecule is CCCCCCCCCN(O)C(=O)CN. The van der Waals surface area contributed by atoms with E-state index in [0.717, 1.165) is 17.9 Å². The van der Waals surface area contributed by atoms with Crippen molar-refractivity contribution < 1.29 is 10.0 Å². The van der Waals surface area contributed by atoms with E-state index in [1.54, 1.807) is 0 Å². The van der Waals surface area contributed by atoms with Gasteiger partial charge in [0.1, 0.15) is 0 Å². The lowest BCUT2D eigenvalue weighted by molar-refractivity contribution is -0.163. The lowest BCUT2D eigenvalue weighted by atomic mass is 10.1. The van der Waals surface area contributed by atoms with Crippen LogP contribution in [-0.4, -0.2) is 29.3 Å². The normalized spacial score (nSPS) is 10.3. The molecule has 0 heterocycles. The van der Waals surface area contributed by atoms with E-state index in [-0.39, 0.29) is 6.54 Å². The number of carbonyl (C=O) groups is 1. The van der Waals surface area contributed by atoms with Crippen LogP contribution in [0.3, 0.4) is 0 Å². The first kappa shape index (κ1) is 14.4. The van der Waals surface area contributed by atoms with Crippen LogP contribution < -0.4 is 5.73 Å². The first-order valence-corrected chi connectivity index (χ1v) is 5.91. The van der Waals surface area contributed by atoms with E-state index in [1.165, 1.54) is 32.1 Å². The van der Waals surface area contributed by atoms with Crippen LogP contribution in [0.25, 0.3) is 0 Å². The smallest absolute Gasteiger partial charge is 0.259 e. The van der Waals surface area contributed by atoms with Crippen LogP contribution in [0, 0.1) is 0 Å². The standard InChI is InChI=1S/C11H24N2O2/c1-2-3-4-5-6-7-8-9-13(15)11(14)10-12/h15H,2-10,12H2,1H3. The Morgan fingerprint density at radius 2 is 1.67 bits per heavy atom. The molecule has 0 unspecified atom stereocenters. The average molecular weight is 216 g/mol. The van der Waals surface area contributed by atoms with Gasteiger partial charge in [-0.15, -0.1) is 0 Å². The van der Waals surface area contributed by atoms with E-state index in [9.17, 15) is 4.79 Å². The Bertz CT molecular complexity index is 163. The third kappa shape index (κ3) is 8.39. The molecule has 0 spiro atoms. The number of rotatable bonds is 9. The van der Waals surface area contributed by atoms with Gasteiger partial charge in [0.2, 0.25) is 0 Å². The largest absolute Gasteiger partial charge is 0.322 e. The highest BCUT2D eigenvalue weighted by atomic mass is 16.5. The highest BCUT2D eigenvalue weighted by Crippen LogP contribution is 2.07. The minimum atomic E-state index is -0.402. The van der Waals surface area contributed by atoms with Gasteiger partial charge in [0, 0.05) is 6.54 Å². The van der Waals surface area contributed by atoms with Gasteiger partial charge in [-0.25, -0.2) is 5.06 Å². The third-order valence-electron chi connectivity index (χ3n) is 2.44. The molecule has 4 heteroatoms. The van der Waals surface area contributed by atoms with Crippen LogP contribution in [0.4, 0.5) is 0 Å². The zero-order valence-electron chi connectivity index (χ0n) is 9.74. The van der Waals surface area contributed by atoms with E-state index in [0.29, 0.717) is 6.54 Å². The molecule has 0 aliphatic heterocycles. The fourth-order valence-corrected chi connectivity index (χ4v) is 1.45. The fourth-order valence-electron chi connectivity index (χ4n) is 1.45. The van der Waals surface area contributed by atoms with Gasteiger partial charge in [-0.2, -0.15) is 0 Å². The first-order valence-electron chi connectivity index (χ1n) is 5.91. The van der Waals surface area contributed by atoms with Gasteiger partial charge in [0.05, 0.1) is 6.54 Å². The van der Waals surface area contributed by atoms with Gasteiger partial charge in [-0.1, -0.05) is 45.4 Å². The van der Waals surface area contributed by atoms with Crippen molar-refractivity contribution in [3.05, 3.63) is 0 Å². The van der Waals surface area contributed by atoms with Crippen LogP contribution in [0.5, 0.6) is 0 Å². The Hall–Kier alpha value is -0.610. The number of nitrogens with two attached hydrogens (primary N) is 1. The molecule has 3 N–H and O–H groups in total. The summed E-state index contributed by atoms with van der Waals surface area (Å²) in [6, 6.07) is 0. The molecule has 0 saturated carbocycles. The summed E-state index contributed by atoms with van der Waals surface area (Å²) in [5.74, 6) is -0.402. The highest BCUT2D eigenvalue weighted by molar-refractivity contribution is 5.76. The average Bonchev–Trinajstić information content (AvgIpc) is 2.26. The van der Waals surface area contributed by atoms with E-state index in [2.05, 4.69) is 6.92 Å². The Morgan fingerprint density at radius 1 is 1.13 bits per heavy atom. The maximum Gasteiger partial charge on any atom is 0.259 e. The molecular weight excluding hydrogens is 192 g/mol. The summed E-state index contributed by atoms with van der Waals surface area (Å²) >= 11 is 0. The van der Waals surface area contributed by atoms with Gasteiger partial charge in [-0.3, -0.25) is 10.0 Å². The highest BCUT2D eigenvalue weighted by Gasteiger charge is 2.06. The second-order valence-corrected chi connectivity index (χ2v) is 3.84. The monoisotopic (exact) mass is 216 g/mol. The van der Waals surface area contributed by atoms with Crippen LogP contribution in [-0.2, 0) is 4.79 Å². The number of carbonyl (C=O) groups excluding carboxylic acids is 1. The number of amides is 1. The van der Waals surface area contributed by atoms with Crippen molar-refractivity contribution in [3.8, 4) is 0 Å².